The smallest absolute Gasteiger partial charge is 0.335 e. The van der Waals surface area contributed by atoms with Crippen LogP contribution >= 0.6 is 11.6 Å². The van der Waals surface area contributed by atoms with Crippen LogP contribution in [0.4, 0.5) is 0 Å². The molecule has 122 valence electrons. The highest BCUT2D eigenvalue weighted by atomic mass is 35.5. The average molecular weight is 353 g/mol. The molecular weight excluding hydrogens is 336 g/mol. The molecule has 0 radical (unpaired) electrons. The summed E-state index contributed by atoms with van der Waals surface area (Å²) < 4.78 is 17.6. The number of carbonyl (C=O) groups is 1. The van der Waals surface area contributed by atoms with Crippen molar-refractivity contribution in [1.82, 2.24) is 0 Å². The number of carboxylic acids is 1. The fourth-order valence-corrected chi connectivity index (χ4v) is 3.25. The molecule has 0 aliphatic rings. The highest BCUT2D eigenvalue weighted by Gasteiger charge is 2.06. The van der Waals surface area contributed by atoms with E-state index in [2.05, 4.69) is 0 Å². The van der Waals surface area contributed by atoms with E-state index in [1.807, 2.05) is 0 Å². The van der Waals surface area contributed by atoms with Gasteiger partial charge in [-0.1, -0.05) is 23.7 Å². The Bertz CT molecular complexity index is 685. The van der Waals surface area contributed by atoms with E-state index < -0.39 is 16.8 Å². The van der Waals surface area contributed by atoms with Crippen LogP contribution in [0.2, 0.25) is 5.02 Å². The van der Waals surface area contributed by atoms with Gasteiger partial charge in [0.1, 0.15) is 5.75 Å². The maximum absolute atomic E-state index is 12.0. The minimum absolute atomic E-state index is 0.213. The van der Waals surface area contributed by atoms with Crippen molar-refractivity contribution in [3.05, 3.63) is 64.7 Å². The Hall–Kier alpha value is -1.85. The molecule has 0 amide bonds. The van der Waals surface area contributed by atoms with Crippen LogP contribution in [0.3, 0.4) is 0 Å². The van der Waals surface area contributed by atoms with Crippen molar-refractivity contribution in [3.8, 4) is 5.75 Å². The maximum atomic E-state index is 12.0. The summed E-state index contributed by atoms with van der Waals surface area (Å²) in [5.41, 5.74) is 0.979. The van der Waals surface area contributed by atoms with E-state index in [0.29, 0.717) is 29.6 Å². The van der Waals surface area contributed by atoms with Crippen molar-refractivity contribution >= 4 is 28.4 Å². The molecule has 23 heavy (non-hydrogen) atoms. The van der Waals surface area contributed by atoms with Crippen LogP contribution in [0.25, 0.3) is 0 Å². The maximum Gasteiger partial charge on any atom is 0.335 e. The molecule has 1 N–H and O–H groups in total. The van der Waals surface area contributed by atoms with Gasteiger partial charge in [0.25, 0.3) is 0 Å². The Morgan fingerprint density at radius 1 is 1.17 bits per heavy atom. The third-order valence-electron chi connectivity index (χ3n) is 3.10. The molecule has 0 saturated heterocycles. The number of aromatic carboxylic acids is 1. The van der Waals surface area contributed by atoms with E-state index in [9.17, 15) is 9.00 Å². The summed E-state index contributed by atoms with van der Waals surface area (Å²) in [6, 6.07) is 13.6. The molecule has 6 heteroatoms. The normalized spacial score (nSPS) is 11.9. The molecule has 1 unspecified atom stereocenters. The van der Waals surface area contributed by atoms with Gasteiger partial charge in [-0.2, -0.15) is 0 Å². The standard InChI is InChI=1S/C17H17ClO4S/c18-15-5-7-16(8-6-15)22-9-2-10-23(21)12-13-3-1-4-14(11-13)17(19)20/h1,3-8,11H,2,9-10,12H2,(H,19,20). The van der Waals surface area contributed by atoms with Crippen molar-refractivity contribution in [3.63, 3.8) is 0 Å². The summed E-state index contributed by atoms with van der Waals surface area (Å²) in [6.07, 6.45) is 0.661. The molecule has 0 aliphatic heterocycles. The van der Waals surface area contributed by atoms with Crippen LogP contribution < -0.4 is 4.74 Å². The first kappa shape index (κ1) is 17.5. The second-order valence-electron chi connectivity index (χ2n) is 4.95. The highest BCUT2D eigenvalue weighted by Crippen LogP contribution is 2.15. The number of hydrogen-bond donors (Lipinski definition) is 1. The van der Waals surface area contributed by atoms with Crippen LogP contribution in [0.1, 0.15) is 22.3 Å². The molecule has 0 aromatic heterocycles. The van der Waals surface area contributed by atoms with Gasteiger partial charge in [0.15, 0.2) is 0 Å². The lowest BCUT2D eigenvalue weighted by molar-refractivity contribution is 0.0696. The molecule has 0 aliphatic carbocycles. The van der Waals surface area contributed by atoms with Crippen molar-refractivity contribution in [1.29, 1.82) is 0 Å². The lowest BCUT2D eigenvalue weighted by atomic mass is 10.1. The molecule has 2 rings (SSSR count). The Labute approximate surface area is 142 Å². The lowest BCUT2D eigenvalue weighted by Crippen LogP contribution is -2.07. The zero-order chi connectivity index (χ0) is 16.7. The van der Waals surface area contributed by atoms with Crippen molar-refractivity contribution in [2.45, 2.75) is 12.2 Å². The largest absolute Gasteiger partial charge is 0.494 e. The Kier molecular flexibility index (Phi) is 6.62. The summed E-state index contributed by atoms with van der Waals surface area (Å²) in [4.78, 5) is 10.9. The van der Waals surface area contributed by atoms with Crippen LogP contribution in [0.15, 0.2) is 48.5 Å². The fourth-order valence-electron chi connectivity index (χ4n) is 1.99. The van der Waals surface area contributed by atoms with Crippen LogP contribution in [0, 0.1) is 0 Å². The number of rotatable bonds is 8. The molecule has 2 aromatic carbocycles. The lowest BCUT2D eigenvalue weighted by Gasteiger charge is -2.07. The van der Waals surface area contributed by atoms with Gasteiger partial charge < -0.3 is 9.84 Å². The SMILES string of the molecule is O=C(O)c1cccc(CS(=O)CCCOc2ccc(Cl)cc2)c1. The van der Waals surface area contributed by atoms with Gasteiger partial charge in [0, 0.05) is 27.3 Å². The monoisotopic (exact) mass is 352 g/mol. The Morgan fingerprint density at radius 2 is 1.91 bits per heavy atom. The quantitative estimate of drug-likeness (QED) is 0.735. The number of hydrogen-bond acceptors (Lipinski definition) is 3. The van der Waals surface area contributed by atoms with E-state index in [-0.39, 0.29) is 5.56 Å². The predicted octanol–water partition coefficient (Wildman–Crippen LogP) is 3.76. The molecule has 1 atom stereocenters. The van der Waals surface area contributed by atoms with Gasteiger partial charge >= 0.3 is 5.97 Å². The number of halogens is 1. The molecule has 0 fully saturated rings. The van der Waals surface area contributed by atoms with Gasteiger partial charge in [-0.3, -0.25) is 4.21 Å². The molecule has 0 bridgehead atoms. The first-order valence-corrected chi connectivity index (χ1v) is 8.97. The Morgan fingerprint density at radius 3 is 2.61 bits per heavy atom. The third kappa shape index (κ3) is 6.04. The van der Waals surface area contributed by atoms with Gasteiger partial charge in [0.2, 0.25) is 0 Å². The average Bonchev–Trinajstić information content (AvgIpc) is 2.53. The number of ether oxygens (including phenoxy) is 1. The van der Waals surface area contributed by atoms with Crippen LogP contribution in [-0.2, 0) is 16.6 Å². The van der Waals surface area contributed by atoms with E-state index in [1.54, 1.807) is 42.5 Å². The topological polar surface area (TPSA) is 63.6 Å². The molecule has 0 heterocycles. The second kappa shape index (κ2) is 8.70. The minimum Gasteiger partial charge on any atom is -0.494 e. The summed E-state index contributed by atoms with van der Waals surface area (Å²) in [5, 5.41) is 9.60. The number of benzene rings is 2. The van der Waals surface area contributed by atoms with E-state index in [0.717, 1.165) is 11.3 Å². The van der Waals surface area contributed by atoms with Crippen molar-refractivity contribution in [2.24, 2.45) is 0 Å². The van der Waals surface area contributed by atoms with Crippen molar-refractivity contribution in [2.75, 3.05) is 12.4 Å². The Balaban J connectivity index is 1.74. The predicted molar refractivity (Wildman–Crippen MR) is 91.7 cm³/mol. The fraction of sp³-hybridized carbons (Fsp3) is 0.235. The number of carboxylic acid groups (broad SMARTS) is 1. The molecule has 4 nitrogen and oxygen atoms in total. The minimum atomic E-state index is -1.05. The van der Waals surface area contributed by atoms with Gasteiger partial charge in [-0.15, -0.1) is 0 Å². The van der Waals surface area contributed by atoms with E-state index in [1.165, 1.54) is 6.07 Å². The first-order chi connectivity index (χ1) is 11.0. The molecule has 2 aromatic rings. The zero-order valence-electron chi connectivity index (χ0n) is 12.4. The molecule has 0 spiro atoms. The van der Waals surface area contributed by atoms with Gasteiger partial charge in [-0.05, 0) is 48.4 Å². The third-order valence-corrected chi connectivity index (χ3v) is 4.75. The van der Waals surface area contributed by atoms with Gasteiger partial charge in [0.05, 0.1) is 12.2 Å². The van der Waals surface area contributed by atoms with Crippen LogP contribution in [-0.4, -0.2) is 27.6 Å². The molecular formula is C17H17ClO4S. The van der Waals surface area contributed by atoms with Crippen LogP contribution in [0.5, 0.6) is 5.75 Å². The summed E-state index contributed by atoms with van der Waals surface area (Å²) >= 11 is 5.79. The van der Waals surface area contributed by atoms with Gasteiger partial charge in [-0.25, -0.2) is 4.79 Å². The van der Waals surface area contributed by atoms with E-state index in [4.69, 9.17) is 21.4 Å². The summed E-state index contributed by atoms with van der Waals surface area (Å²) in [7, 11) is -1.05. The van der Waals surface area contributed by atoms with Crippen molar-refractivity contribution < 1.29 is 18.8 Å². The molecule has 0 saturated carbocycles. The summed E-state index contributed by atoms with van der Waals surface area (Å²) in [6.45, 7) is 0.475. The van der Waals surface area contributed by atoms with E-state index >= 15 is 0 Å². The zero-order valence-corrected chi connectivity index (χ0v) is 14.0. The highest BCUT2D eigenvalue weighted by molar-refractivity contribution is 7.84. The second-order valence-corrected chi connectivity index (χ2v) is 6.96. The summed E-state index contributed by atoms with van der Waals surface area (Å²) in [5.74, 6) is 0.607. The first-order valence-electron chi connectivity index (χ1n) is 7.10.